The number of nitrogen functional groups attached to an aromatic ring is 1. The number of nitrogens with zero attached hydrogens (tertiary/aromatic N) is 1. The lowest BCUT2D eigenvalue weighted by Gasteiger charge is -2.29. The predicted molar refractivity (Wildman–Crippen MR) is 60.7 cm³/mol. The Morgan fingerprint density at radius 3 is 2.87 bits per heavy atom. The van der Waals surface area contributed by atoms with Crippen LogP contribution in [0.15, 0.2) is 18.2 Å². The van der Waals surface area contributed by atoms with Gasteiger partial charge in [0.05, 0.1) is 6.04 Å². The summed E-state index contributed by atoms with van der Waals surface area (Å²) in [5, 5.41) is 2.87. The number of fused-ring (bicyclic) bond motifs is 1. The number of rotatable bonds is 1. The molecule has 4 nitrogen and oxygen atoms in total. The van der Waals surface area contributed by atoms with Crippen molar-refractivity contribution < 1.29 is 4.79 Å². The first-order valence-electron chi connectivity index (χ1n) is 4.93. The Kier molecular flexibility index (Phi) is 2.36. The monoisotopic (exact) mass is 205 g/mol. The summed E-state index contributed by atoms with van der Waals surface area (Å²) >= 11 is 0. The van der Waals surface area contributed by atoms with Crippen molar-refractivity contribution in [3.8, 4) is 0 Å². The Labute approximate surface area is 89.1 Å². The number of hydrogen-bond donors (Lipinski definition) is 2. The van der Waals surface area contributed by atoms with Crippen molar-refractivity contribution >= 4 is 17.3 Å². The highest BCUT2D eigenvalue weighted by atomic mass is 16.2. The van der Waals surface area contributed by atoms with E-state index in [4.69, 9.17) is 5.73 Å². The summed E-state index contributed by atoms with van der Waals surface area (Å²) in [6, 6.07) is 5.56. The molecular formula is C11H15N3O. The van der Waals surface area contributed by atoms with Crippen LogP contribution in [0.2, 0.25) is 0 Å². The van der Waals surface area contributed by atoms with E-state index in [-0.39, 0.29) is 11.9 Å². The zero-order valence-corrected chi connectivity index (χ0v) is 8.95. The summed E-state index contributed by atoms with van der Waals surface area (Å²) < 4.78 is 0. The summed E-state index contributed by atoms with van der Waals surface area (Å²) in [6.07, 6.45) is 0.744. The molecule has 0 bridgehead atoms. The van der Waals surface area contributed by atoms with Gasteiger partial charge in [-0.3, -0.25) is 9.69 Å². The maximum absolute atomic E-state index is 11.7. The molecule has 1 heterocycles. The molecule has 3 N–H and O–H groups in total. The topological polar surface area (TPSA) is 58.4 Å². The number of amides is 1. The Hall–Kier alpha value is -1.55. The van der Waals surface area contributed by atoms with E-state index < -0.39 is 0 Å². The number of carbonyl (C=O) groups is 1. The summed E-state index contributed by atoms with van der Waals surface area (Å²) in [5.41, 5.74) is 8.32. The van der Waals surface area contributed by atoms with Gasteiger partial charge in [-0.15, -0.1) is 0 Å². The molecular weight excluding hydrogens is 190 g/mol. The van der Waals surface area contributed by atoms with Crippen molar-refractivity contribution in [2.45, 2.75) is 12.5 Å². The lowest BCUT2D eigenvalue weighted by molar-refractivity contribution is -0.120. The molecule has 1 aromatic rings. The second-order valence-corrected chi connectivity index (χ2v) is 4.09. The van der Waals surface area contributed by atoms with Crippen LogP contribution in [0.1, 0.15) is 5.56 Å². The second kappa shape index (κ2) is 3.55. The average molecular weight is 205 g/mol. The zero-order chi connectivity index (χ0) is 11.0. The van der Waals surface area contributed by atoms with Gasteiger partial charge in [-0.25, -0.2) is 0 Å². The molecule has 1 atom stereocenters. The van der Waals surface area contributed by atoms with Crippen molar-refractivity contribution in [2.75, 3.05) is 25.1 Å². The molecule has 0 radical (unpaired) electrons. The molecule has 0 aromatic heterocycles. The fraction of sp³-hybridized carbons (Fsp3) is 0.364. The second-order valence-electron chi connectivity index (χ2n) is 4.09. The summed E-state index contributed by atoms with van der Waals surface area (Å²) in [4.78, 5) is 13.6. The molecule has 0 aliphatic carbocycles. The van der Waals surface area contributed by atoms with Gasteiger partial charge in [-0.2, -0.15) is 0 Å². The van der Waals surface area contributed by atoms with Gasteiger partial charge in [0.25, 0.3) is 0 Å². The molecule has 15 heavy (non-hydrogen) atoms. The van der Waals surface area contributed by atoms with E-state index in [0.29, 0.717) is 5.69 Å². The number of nitrogens with two attached hydrogens (primary N) is 1. The Bertz CT molecular complexity index is 401. The first-order chi connectivity index (χ1) is 7.08. The van der Waals surface area contributed by atoms with Crippen LogP contribution in [-0.2, 0) is 11.2 Å². The Morgan fingerprint density at radius 1 is 1.47 bits per heavy atom. The quantitative estimate of drug-likeness (QED) is 0.663. The maximum Gasteiger partial charge on any atom is 0.242 e. The van der Waals surface area contributed by atoms with Crippen molar-refractivity contribution in [2.24, 2.45) is 0 Å². The van der Waals surface area contributed by atoms with Crippen LogP contribution >= 0.6 is 0 Å². The van der Waals surface area contributed by atoms with Gasteiger partial charge in [0.2, 0.25) is 5.91 Å². The van der Waals surface area contributed by atoms with E-state index in [1.165, 1.54) is 0 Å². The summed E-state index contributed by atoms with van der Waals surface area (Å²) in [7, 11) is 3.82. The van der Waals surface area contributed by atoms with E-state index in [1.54, 1.807) is 6.07 Å². The van der Waals surface area contributed by atoms with Crippen LogP contribution in [0.3, 0.4) is 0 Å². The third kappa shape index (κ3) is 1.80. The molecule has 1 aliphatic heterocycles. The number of anilines is 2. The highest BCUT2D eigenvalue weighted by molar-refractivity contribution is 5.98. The van der Waals surface area contributed by atoms with Gasteiger partial charge in [-0.05, 0) is 38.2 Å². The number of hydrogen-bond acceptors (Lipinski definition) is 3. The van der Waals surface area contributed by atoms with E-state index >= 15 is 0 Å². The predicted octanol–water partition coefficient (Wildman–Crippen LogP) is 0.694. The minimum atomic E-state index is -0.0823. The summed E-state index contributed by atoms with van der Waals surface area (Å²) in [5.74, 6) is 0.0399. The lowest BCUT2D eigenvalue weighted by Crippen LogP contribution is -2.44. The lowest BCUT2D eigenvalue weighted by atomic mass is 9.98. The molecule has 1 aliphatic rings. The molecule has 0 saturated carbocycles. The average Bonchev–Trinajstić information content (AvgIpc) is 2.15. The minimum Gasteiger partial charge on any atom is -0.399 e. The number of carbonyl (C=O) groups excluding carboxylic acids is 1. The first kappa shape index (κ1) is 9.98. The normalized spacial score (nSPS) is 19.9. The molecule has 2 rings (SSSR count). The molecule has 0 fully saturated rings. The summed E-state index contributed by atoms with van der Waals surface area (Å²) in [6.45, 7) is 0. The first-order valence-corrected chi connectivity index (χ1v) is 4.93. The highest BCUT2D eigenvalue weighted by Gasteiger charge is 2.27. The fourth-order valence-corrected chi connectivity index (χ4v) is 1.82. The molecule has 1 aromatic carbocycles. The van der Waals surface area contributed by atoms with Crippen molar-refractivity contribution in [1.82, 2.24) is 4.90 Å². The van der Waals surface area contributed by atoms with E-state index in [9.17, 15) is 4.79 Å². The zero-order valence-electron chi connectivity index (χ0n) is 8.95. The Morgan fingerprint density at radius 2 is 2.20 bits per heavy atom. The van der Waals surface area contributed by atoms with Crippen LogP contribution in [0, 0.1) is 0 Å². The third-order valence-corrected chi connectivity index (χ3v) is 2.73. The van der Waals surface area contributed by atoms with Crippen LogP contribution in [0.25, 0.3) is 0 Å². The number of benzene rings is 1. The van der Waals surface area contributed by atoms with Gasteiger partial charge >= 0.3 is 0 Å². The van der Waals surface area contributed by atoms with Gasteiger partial charge in [-0.1, -0.05) is 6.07 Å². The van der Waals surface area contributed by atoms with E-state index in [1.807, 2.05) is 31.1 Å². The molecule has 1 unspecified atom stereocenters. The third-order valence-electron chi connectivity index (χ3n) is 2.73. The van der Waals surface area contributed by atoms with Crippen molar-refractivity contribution in [3.05, 3.63) is 23.8 Å². The highest BCUT2D eigenvalue weighted by Crippen LogP contribution is 2.25. The van der Waals surface area contributed by atoms with E-state index in [2.05, 4.69) is 5.32 Å². The van der Waals surface area contributed by atoms with Crippen LogP contribution < -0.4 is 11.1 Å². The molecule has 80 valence electrons. The SMILES string of the molecule is CN(C)C1Cc2ccc(N)cc2NC1=O. The van der Waals surface area contributed by atoms with Gasteiger partial charge in [0.1, 0.15) is 0 Å². The minimum absolute atomic E-state index is 0.0399. The van der Waals surface area contributed by atoms with E-state index in [0.717, 1.165) is 17.7 Å². The molecule has 0 saturated heterocycles. The van der Waals surface area contributed by atoms with Crippen LogP contribution in [0.5, 0.6) is 0 Å². The smallest absolute Gasteiger partial charge is 0.242 e. The van der Waals surface area contributed by atoms with Crippen molar-refractivity contribution in [3.63, 3.8) is 0 Å². The van der Waals surface area contributed by atoms with Gasteiger partial charge < -0.3 is 11.1 Å². The number of likely N-dealkylation sites (N-methyl/N-ethyl adjacent to an activating group) is 1. The Balaban J connectivity index is 2.34. The van der Waals surface area contributed by atoms with Crippen molar-refractivity contribution in [1.29, 1.82) is 0 Å². The number of nitrogens with one attached hydrogen (secondary N) is 1. The standard InChI is InChI=1S/C11H15N3O/c1-14(2)10-5-7-3-4-8(12)6-9(7)13-11(10)15/h3-4,6,10H,5,12H2,1-2H3,(H,13,15). The van der Waals surface area contributed by atoms with Crippen LogP contribution in [-0.4, -0.2) is 30.9 Å². The maximum atomic E-state index is 11.7. The van der Waals surface area contributed by atoms with Gasteiger partial charge in [0.15, 0.2) is 0 Å². The molecule has 4 heteroatoms. The largest absolute Gasteiger partial charge is 0.399 e. The molecule has 0 spiro atoms. The fourth-order valence-electron chi connectivity index (χ4n) is 1.82. The molecule has 1 amide bonds. The van der Waals surface area contributed by atoms with Crippen LogP contribution in [0.4, 0.5) is 11.4 Å². The van der Waals surface area contributed by atoms with Gasteiger partial charge in [0, 0.05) is 11.4 Å².